The van der Waals surface area contributed by atoms with Crippen LogP contribution in [-0.4, -0.2) is 40.1 Å². The summed E-state index contributed by atoms with van der Waals surface area (Å²) in [5.41, 5.74) is 7.03. The summed E-state index contributed by atoms with van der Waals surface area (Å²) in [5, 5.41) is 19.6. The zero-order valence-corrected chi connectivity index (χ0v) is 14.9. The predicted molar refractivity (Wildman–Crippen MR) is 96.9 cm³/mol. The lowest BCUT2D eigenvalue weighted by molar-refractivity contribution is 0.211. The fourth-order valence-electron chi connectivity index (χ4n) is 3.60. The maximum Gasteiger partial charge on any atom is 0.165 e. The summed E-state index contributed by atoms with van der Waals surface area (Å²) in [6.07, 6.45) is 3.91. The van der Waals surface area contributed by atoms with Crippen LogP contribution in [0.5, 0.6) is 5.75 Å². The van der Waals surface area contributed by atoms with Crippen LogP contribution in [-0.2, 0) is 0 Å². The number of halogens is 1. The van der Waals surface area contributed by atoms with E-state index in [1.165, 1.54) is 12.1 Å². The van der Waals surface area contributed by atoms with Crippen LogP contribution < -0.4 is 5.73 Å². The Labute approximate surface area is 152 Å². The Bertz CT molecular complexity index is 862. The molecule has 0 radical (unpaired) electrons. The van der Waals surface area contributed by atoms with E-state index < -0.39 is 5.82 Å². The van der Waals surface area contributed by atoms with Gasteiger partial charge in [0.2, 0.25) is 0 Å². The van der Waals surface area contributed by atoms with Crippen LogP contribution in [0.1, 0.15) is 42.9 Å². The molecule has 6 nitrogen and oxygen atoms in total. The van der Waals surface area contributed by atoms with Crippen molar-refractivity contribution in [3.63, 3.8) is 0 Å². The van der Waals surface area contributed by atoms with Crippen LogP contribution >= 0.6 is 0 Å². The molecule has 7 heteroatoms. The molecule has 3 rings (SSSR count). The van der Waals surface area contributed by atoms with E-state index >= 15 is 0 Å². The average Bonchev–Trinajstić information content (AvgIpc) is 2.63. The highest BCUT2D eigenvalue weighted by atomic mass is 19.1. The Balaban J connectivity index is 2.08. The van der Waals surface area contributed by atoms with E-state index in [9.17, 15) is 14.8 Å². The van der Waals surface area contributed by atoms with Crippen molar-refractivity contribution in [2.45, 2.75) is 37.6 Å². The zero-order valence-electron chi connectivity index (χ0n) is 14.9. The van der Waals surface area contributed by atoms with E-state index in [4.69, 9.17) is 5.73 Å². The molecule has 2 aromatic rings. The number of phenols is 1. The Morgan fingerprint density at radius 2 is 2.08 bits per heavy atom. The third-order valence-electron chi connectivity index (χ3n) is 5.04. The molecular weight excluding hydrogens is 333 g/mol. The molecule has 2 unspecified atom stereocenters. The zero-order chi connectivity index (χ0) is 18.8. The topological polar surface area (TPSA) is 99.1 Å². The normalized spacial score (nSPS) is 20.1. The third-order valence-corrected chi connectivity index (χ3v) is 5.04. The van der Waals surface area contributed by atoms with E-state index in [0.717, 1.165) is 31.7 Å². The first kappa shape index (κ1) is 18.1. The minimum absolute atomic E-state index is 0.0585. The van der Waals surface area contributed by atoms with Gasteiger partial charge in [-0.2, -0.15) is 5.26 Å². The van der Waals surface area contributed by atoms with Crippen molar-refractivity contribution in [1.82, 2.24) is 14.9 Å². The van der Waals surface area contributed by atoms with Crippen molar-refractivity contribution >= 4 is 5.82 Å². The van der Waals surface area contributed by atoms with E-state index in [1.54, 1.807) is 0 Å². The molecular formula is C19H22FN5O. The number of hydrogen-bond donors (Lipinski definition) is 2. The van der Waals surface area contributed by atoms with Gasteiger partial charge in [0.05, 0.1) is 11.3 Å². The lowest BCUT2D eigenvalue weighted by atomic mass is 9.82. The fraction of sp³-hybridized carbons (Fsp3) is 0.421. The number of nitrogen functional groups attached to an aromatic ring is 1. The molecule has 1 aromatic heterocycles. The number of aromatic hydroxyl groups is 1. The number of rotatable bonds is 3. The quantitative estimate of drug-likeness (QED) is 0.878. The molecule has 0 aliphatic heterocycles. The lowest BCUT2D eigenvalue weighted by Crippen LogP contribution is -2.33. The highest BCUT2D eigenvalue weighted by Gasteiger charge is 2.29. The molecule has 0 bridgehead atoms. The van der Waals surface area contributed by atoms with Crippen LogP contribution in [0, 0.1) is 17.1 Å². The third kappa shape index (κ3) is 3.46. The average molecular weight is 355 g/mol. The van der Waals surface area contributed by atoms with Gasteiger partial charge < -0.3 is 15.7 Å². The van der Waals surface area contributed by atoms with Gasteiger partial charge in [-0.15, -0.1) is 0 Å². The maximum absolute atomic E-state index is 13.6. The molecule has 0 spiro atoms. The van der Waals surface area contributed by atoms with Crippen LogP contribution in [0.2, 0.25) is 0 Å². The summed E-state index contributed by atoms with van der Waals surface area (Å²) < 4.78 is 13.6. The predicted octanol–water partition coefficient (Wildman–Crippen LogP) is 3.03. The van der Waals surface area contributed by atoms with Crippen molar-refractivity contribution in [2.24, 2.45) is 0 Å². The second kappa shape index (κ2) is 7.26. The van der Waals surface area contributed by atoms with E-state index in [0.29, 0.717) is 11.7 Å². The number of aromatic nitrogens is 2. The molecule has 1 aromatic carbocycles. The van der Waals surface area contributed by atoms with E-state index in [-0.39, 0.29) is 34.4 Å². The van der Waals surface area contributed by atoms with Crippen molar-refractivity contribution in [1.29, 1.82) is 5.26 Å². The summed E-state index contributed by atoms with van der Waals surface area (Å²) in [6, 6.07) is 6.10. The fourth-order valence-corrected chi connectivity index (χ4v) is 3.60. The molecule has 1 aliphatic carbocycles. The number of nitrogens with zero attached hydrogens (tertiary/aromatic N) is 4. The molecule has 1 fully saturated rings. The van der Waals surface area contributed by atoms with Crippen LogP contribution in [0.4, 0.5) is 10.2 Å². The van der Waals surface area contributed by atoms with Crippen molar-refractivity contribution in [2.75, 3.05) is 19.8 Å². The first-order valence-corrected chi connectivity index (χ1v) is 8.63. The number of phenolic OH excluding ortho intramolecular Hbond substituents is 1. The first-order valence-electron chi connectivity index (χ1n) is 8.63. The SMILES string of the molecule is CN(C)C1CCCC(c2nc(-c3cc(F)ccc3O)nc(N)c2C#N)C1. The van der Waals surface area contributed by atoms with Gasteiger partial charge in [0.15, 0.2) is 5.82 Å². The molecule has 0 saturated heterocycles. The van der Waals surface area contributed by atoms with Crippen molar-refractivity contribution in [3.8, 4) is 23.2 Å². The van der Waals surface area contributed by atoms with Crippen LogP contribution in [0.25, 0.3) is 11.4 Å². The summed E-state index contributed by atoms with van der Waals surface area (Å²) in [6.45, 7) is 0. The second-order valence-electron chi connectivity index (χ2n) is 6.95. The summed E-state index contributed by atoms with van der Waals surface area (Å²) >= 11 is 0. The molecule has 26 heavy (non-hydrogen) atoms. The summed E-state index contributed by atoms with van der Waals surface area (Å²) in [7, 11) is 4.09. The lowest BCUT2D eigenvalue weighted by Gasteiger charge is -2.33. The summed E-state index contributed by atoms with van der Waals surface area (Å²) in [4.78, 5) is 10.9. The molecule has 1 saturated carbocycles. The molecule has 1 heterocycles. The van der Waals surface area contributed by atoms with Gasteiger partial charge in [-0.05, 0) is 51.6 Å². The number of benzene rings is 1. The van der Waals surface area contributed by atoms with Gasteiger partial charge in [0, 0.05) is 12.0 Å². The Kier molecular flexibility index (Phi) is 5.05. The first-order chi connectivity index (χ1) is 12.4. The minimum Gasteiger partial charge on any atom is -0.507 e. The van der Waals surface area contributed by atoms with Gasteiger partial charge >= 0.3 is 0 Å². The van der Waals surface area contributed by atoms with Gasteiger partial charge in [0.1, 0.15) is 29.0 Å². The monoisotopic (exact) mass is 355 g/mol. The van der Waals surface area contributed by atoms with E-state index in [2.05, 4.69) is 20.9 Å². The van der Waals surface area contributed by atoms with Crippen molar-refractivity contribution < 1.29 is 9.50 Å². The maximum atomic E-state index is 13.6. The van der Waals surface area contributed by atoms with Crippen molar-refractivity contribution in [3.05, 3.63) is 35.3 Å². The smallest absolute Gasteiger partial charge is 0.165 e. The highest BCUT2D eigenvalue weighted by molar-refractivity contribution is 5.67. The Morgan fingerprint density at radius 3 is 2.77 bits per heavy atom. The standard InChI is InChI=1S/C19H22FN5O/c1-25(2)13-5-3-4-11(8-13)17-15(10-21)18(22)24-19(23-17)14-9-12(20)6-7-16(14)26/h6-7,9,11,13,26H,3-5,8H2,1-2H3,(H2,22,23,24). The molecule has 2 atom stereocenters. The highest BCUT2D eigenvalue weighted by Crippen LogP contribution is 2.37. The molecule has 3 N–H and O–H groups in total. The number of nitrogens with two attached hydrogens (primary N) is 1. The van der Waals surface area contributed by atoms with Crippen LogP contribution in [0.15, 0.2) is 18.2 Å². The summed E-state index contributed by atoms with van der Waals surface area (Å²) in [5.74, 6) is -0.360. The Hall–Kier alpha value is -2.72. The molecule has 0 amide bonds. The van der Waals surface area contributed by atoms with Gasteiger partial charge in [-0.25, -0.2) is 14.4 Å². The number of hydrogen-bond acceptors (Lipinski definition) is 6. The number of anilines is 1. The van der Waals surface area contributed by atoms with Gasteiger partial charge in [0.25, 0.3) is 0 Å². The van der Waals surface area contributed by atoms with Gasteiger partial charge in [-0.1, -0.05) is 6.42 Å². The molecule has 136 valence electrons. The van der Waals surface area contributed by atoms with Crippen LogP contribution in [0.3, 0.4) is 0 Å². The van der Waals surface area contributed by atoms with Gasteiger partial charge in [-0.3, -0.25) is 0 Å². The Morgan fingerprint density at radius 1 is 1.31 bits per heavy atom. The second-order valence-corrected chi connectivity index (χ2v) is 6.95. The largest absolute Gasteiger partial charge is 0.507 e. The number of nitriles is 1. The van der Waals surface area contributed by atoms with E-state index in [1.807, 2.05) is 14.1 Å². The minimum atomic E-state index is -0.504. The molecule has 1 aliphatic rings.